The number of ether oxygens (including phenoxy) is 1. The molecule has 1 amide bonds. The van der Waals surface area contributed by atoms with Crippen LogP contribution >= 0.6 is 11.6 Å². The third-order valence-electron chi connectivity index (χ3n) is 3.51. The molecule has 122 valence electrons. The monoisotopic (exact) mass is 325 g/mol. The number of aryl methyl sites for hydroxylation is 1. The van der Waals surface area contributed by atoms with E-state index in [-0.39, 0.29) is 12.1 Å². The molecule has 22 heavy (non-hydrogen) atoms. The summed E-state index contributed by atoms with van der Waals surface area (Å²) in [6.07, 6.45) is 3.44. The second kappa shape index (κ2) is 6.73. The first kappa shape index (κ1) is 16.9. The molecular weight excluding hydrogens is 302 g/mol. The standard InChI is InChI=1S/C16H24ClN3O2/c1-11-8-13(14(17)19-9-11)18-10-12-6-5-7-20(12)15(21)22-16(2,3)4/h8-9,12,18H,5-7,10H2,1-4H3. The van der Waals surface area contributed by atoms with Gasteiger partial charge in [0, 0.05) is 19.3 Å². The van der Waals surface area contributed by atoms with Crippen LogP contribution in [0.3, 0.4) is 0 Å². The maximum atomic E-state index is 12.2. The number of pyridine rings is 1. The molecule has 1 aliphatic heterocycles. The summed E-state index contributed by atoms with van der Waals surface area (Å²) < 4.78 is 5.47. The van der Waals surface area contributed by atoms with Crippen molar-refractivity contribution in [3.63, 3.8) is 0 Å². The third-order valence-corrected chi connectivity index (χ3v) is 3.81. The zero-order chi connectivity index (χ0) is 16.3. The van der Waals surface area contributed by atoms with Gasteiger partial charge in [-0.2, -0.15) is 0 Å². The van der Waals surface area contributed by atoms with Gasteiger partial charge in [-0.15, -0.1) is 0 Å². The van der Waals surface area contributed by atoms with E-state index < -0.39 is 5.60 Å². The van der Waals surface area contributed by atoms with Crippen molar-refractivity contribution in [1.82, 2.24) is 9.88 Å². The van der Waals surface area contributed by atoms with Crippen LogP contribution < -0.4 is 5.32 Å². The summed E-state index contributed by atoms with van der Waals surface area (Å²) >= 11 is 6.09. The molecule has 1 aromatic rings. The smallest absolute Gasteiger partial charge is 0.410 e. The lowest BCUT2D eigenvalue weighted by Crippen LogP contribution is -2.42. The van der Waals surface area contributed by atoms with Gasteiger partial charge in [-0.05, 0) is 52.2 Å². The van der Waals surface area contributed by atoms with Crippen LogP contribution in [0.15, 0.2) is 12.3 Å². The topological polar surface area (TPSA) is 54.5 Å². The zero-order valence-electron chi connectivity index (χ0n) is 13.6. The number of nitrogens with zero attached hydrogens (tertiary/aromatic N) is 2. The number of hydrogen-bond acceptors (Lipinski definition) is 4. The lowest BCUT2D eigenvalue weighted by molar-refractivity contribution is 0.0235. The maximum Gasteiger partial charge on any atom is 0.410 e. The lowest BCUT2D eigenvalue weighted by atomic mass is 10.2. The fourth-order valence-corrected chi connectivity index (χ4v) is 2.68. The average molecular weight is 326 g/mol. The number of carbonyl (C=O) groups excluding carboxylic acids is 1. The molecule has 0 bridgehead atoms. The predicted octanol–water partition coefficient (Wildman–Crippen LogP) is 3.85. The molecule has 2 rings (SSSR count). The van der Waals surface area contributed by atoms with Gasteiger partial charge in [-0.3, -0.25) is 0 Å². The highest BCUT2D eigenvalue weighted by Gasteiger charge is 2.32. The minimum atomic E-state index is -0.471. The Bertz CT molecular complexity index is 543. The number of rotatable bonds is 3. The second-order valence-electron chi connectivity index (χ2n) is 6.70. The Morgan fingerprint density at radius 3 is 2.95 bits per heavy atom. The van der Waals surface area contributed by atoms with Gasteiger partial charge in [0.15, 0.2) is 5.15 Å². The zero-order valence-corrected chi connectivity index (χ0v) is 14.4. The molecule has 1 fully saturated rings. The molecule has 2 heterocycles. The highest BCUT2D eigenvalue weighted by atomic mass is 35.5. The van der Waals surface area contributed by atoms with Gasteiger partial charge < -0.3 is 15.0 Å². The fourth-order valence-electron chi connectivity index (χ4n) is 2.51. The van der Waals surface area contributed by atoms with Crippen LogP contribution in [0.4, 0.5) is 10.5 Å². The molecule has 1 unspecified atom stereocenters. The first-order chi connectivity index (χ1) is 10.3. The van der Waals surface area contributed by atoms with Crippen molar-refractivity contribution in [2.24, 2.45) is 0 Å². The average Bonchev–Trinajstić information content (AvgIpc) is 2.86. The van der Waals surface area contributed by atoms with Gasteiger partial charge in [-0.25, -0.2) is 9.78 Å². The Morgan fingerprint density at radius 2 is 2.27 bits per heavy atom. The number of anilines is 1. The van der Waals surface area contributed by atoms with E-state index in [0.717, 1.165) is 30.6 Å². The highest BCUT2D eigenvalue weighted by molar-refractivity contribution is 6.31. The number of nitrogens with one attached hydrogen (secondary N) is 1. The molecule has 6 heteroatoms. The van der Waals surface area contributed by atoms with Crippen molar-refractivity contribution >= 4 is 23.4 Å². The van der Waals surface area contributed by atoms with E-state index in [4.69, 9.17) is 16.3 Å². The molecule has 1 aromatic heterocycles. The number of halogens is 1. The summed E-state index contributed by atoms with van der Waals surface area (Å²) in [5.74, 6) is 0. The van der Waals surface area contributed by atoms with Crippen LogP contribution in [0.1, 0.15) is 39.2 Å². The van der Waals surface area contributed by atoms with Crippen molar-refractivity contribution in [2.45, 2.75) is 52.2 Å². The van der Waals surface area contributed by atoms with Crippen molar-refractivity contribution in [3.8, 4) is 0 Å². The van der Waals surface area contributed by atoms with E-state index >= 15 is 0 Å². The van der Waals surface area contributed by atoms with Gasteiger partial charge >= 0.3 is 6.09 Å². The minimum Gasteiger partial charge on any atom is -0.444 e. The highest BCUT2D eigenvalue weighted by Crippen LogP contribution is 2.24. The number of hydrogen-bond donors (Lipinski definition) is 1. The molecule has 0 saturated carbocycles. The predicted molar refractivity (Wildman–Crippen MR) is 88.4 cm³/mol. The van der Waals surface area contributed by atoms with E-state index in [2.05, 4.69) is 10.3 Å². The van der Waals surface area contributed by atoms with Gasteiger partial charge in [0.1, 0.15) is 5.60 Å². The second-order valence-corrected chi connectivity index (χ2v) is 7.06. The Hall–Kier alpha value is -1.49. The molecule has 0 radical (unpaired) electrons. The van der Waals surface area contributed by atoms with Gasteiger partial charge in [-0.1, -0.05) is 11.6 Å². The first-order valence-electron chi connectivity index (χ1n) is 7.62. The van der Waals surface area contributed by atoms with Crippen molar-refractivity contribution in [2.75, 3.05) is 18.4 Å². The van der Waals surface area contributed by atoms with Crippen molar-refractivity contribution in [3.05, 3.63) is 23.0 Å². The van der Waals surface area contributed by atoms with E-state index in [9.17, 15) is 4.79 Å². The Kier molecular flexibility index (Phi) is 5.16. The molecule has 1 atom stereocenters. The molecule has 1 aliphatic rings. The van der Waals surface area contributed by atoms with E-state index in [1.807, 2.05) is 33.8 Å². The maximum absolute atomic E-state index is 12.2. The van der Waals surface area contributed by atoms with E-state index in [1.54, 1.807) is 11.1 Å². The van der Waals surface area contributed by atoms with Gasteiger partial charge in [0.25, 0.3) is 0 Å². The quantitative estimate of drug-likeness (QED) is 0.857. The van der Waals surface area contributed by atoms with Crippen LogP contribution in [-0.4, -0.2) is 40.7 Å². The summed E-state index contributed by atoms with van der Waals surface area (Å²) in [5.41, 5.74) is 1.38. The third kappa shape index (κ3) is 4.50. The summed E-state index contributed by atoms with van der Waals surface area (Å²) in [4.78, 5) is 18.2. The molecule has 0 aliphatic carbocycles. The molecule has 5 nitrogen and oxygen atoms in total. The van der Waals surface area contributed by atoms with Crippen LogP contribution in [0, 0.1) is 6.92 Å². The van der Waals surface area contributed by atoms with Gasteiger partial charge in [0.2, 0.25) is 0 Å². The normalized spacial score (nSPS) is 18.4. The van der Waals surface area contributed by atoms with Crippen LogP contribution in [0.5, 0.6) is 0 Å². The molecule has 1 N–H and O–H groups in total. The molecule has 1 saturated heterocycles. The van der Waals surface area contributed by atoms with Gasteiger partial charge in [0.05, 0.1) is 11.7 Å². The van der Waals surface area contributed by atoms with Crippen LogP contribution in [-0.2, 0) is 4.74 Å². The first-order valence-corrected chi connectivity index (χ1v) is 8.00. The SMILES string of the molecule is Cc1cnc(Cl)c(NCC2CCCN2C(=O)OC(C)(C)C)c1. The number of likely N-dealkylation sites (tertiary alicyclic amines) is 1. The Balaban J connectivity index is 1.97. The van der Waals surface area contributed by atoms with E-state index in [1.165, 1.54) is 0 Å². The summed E-state index contributed by atoms with van der Waals surface area (Å²) in [7, 11) is 0. The molecular formula is C16H24ClN3O2. The summed E-state index contributed by atoms with van der Waals surface area (Å²) in [6.45, 7) is 8.99. The van der Waals surface area contributed by atoms with Crippen molar-refractivity contribution in [1.29, 1.82) is 0 Å². The molecule has 0 aromatic carbocycles. The number of aromatic nitrogens is 1. The number of carbonyl (C=O) groups is 1. The van der Waals surface area contributed by atoms with Crippen LogP contribution in [0.25, 0.3) is 0 Å². The van der Waals surface area contributed by atoms with Crippen LogP contribution in [0.2, 0.25) is 5.15 Å². The van der Waals surface area contributed by atoms with E-state index in [0.29, 0.717) is 11.7 Å². The lowest BCUT2D eigenvalue weighted by Gasteiger charge is -2.29. The summed E-state index contributed by atoms with van der Waals surface area (Å²) in [5, 5.41) is 3.75. The molecule has 0 spiro atoms. The summed E-state index contributed by atoms with van der Waals surface area (Å²) in [6, 6.07) is 2.08. The minimum absolute atomic E-state index is 0.117. The number of amides is 1. The fraction of sp³-hybridized carbons (Fsp3) is 0.625. The largest absolute Gasteiger partial charge is 0.444 e. The Labute approximate surface area is 137 Å². The van der Waals surface area contributed by atoms with Crippen molar-refractivity contribution < 1.29 is 9.53 Å². The Morgan fingerprint density at radius 1 is 1.55 bits per heavy atom.